The summed E-state index contributed by atoms with van der Waals surface area (Å²) in [6.07, 6.45) is 5.20. The highest BCUT2D eigenvalue weighted by Crippen LogP contribution is 2.44. The first-order valence-corrected chi connectivity index (χ1v) is 11.0. The minimum absolute atomic E-state index is 0.0270. The average molecular weight is 408 g/mol. The van der Waals surface area contributed by atoms with Gasteiger partial charge in [0.05, 0.1) is 11.2 Å². The molecule has 0 unspecified atom stereocenters. The molecule has 1 heterocycles. The second-order valence-electron chi connectivity index (χ2n) is 10.9. The Morgan fingerprint density at radius 3 is 2.17 bits per heavy atom. The molecule has 2 rings (SSSR count). The largest absolute Gasteiger partial charge is 0.457 e. The number of carbonyl (C=O) groups is 2. The van der Waals surface area contributed by atoms with Gasteiger partial charge in [-0.15, -0.1) is 0 Å². The van der Waals surface area contributed by atoms with E-state index < -0.39 is 5.54 Å². The van der Waals surface area contributed by atoms with Gasteiger partial charge in [0.25, 0.3) is 0 Å². The number of amides is 2. The Bertz CT molecular complexity index is 613. The number of nitrogens with one attached hydrogen (secondary N) is 1. The molecule has 0 aromatic rings. The molecule has 1 aliphatic heterocycles. The van der Waals surface area contributed by atoms with Gasteiger partial charge in [0.2, 0.25) is 11.8 Å². The van der Waals surface area contributed by atoms with Gasteiger partial charge in [-0.3, -0.25) is 9.59 Å². The van der Waals surface area contributed by atoms with E-state index >= 15 is 0 Å². The fraction of sp³-hybridized carbons (Fsp3) is 0.909. The Balaban J connectivity index is 2.09. The van der Waals surface area contributed by atoms with Gasteiger partial charge in [-0.2, -0.15) is 0 Å². The highest BCUT2D eigenvalue weighted by molar-refractivity contribution is 6.45. The highest BCUT2D eigenvalue weighted by Gasteiger charge is 2.54. The van der Waals surface area contributed by atoms with Crippen LogP contribution in [0.1, 0.15) is 87.5 Å². The predicted octanol–water partition coefficient (Wildman–Crippen LogP) is 3.79. The topological polar surface area (TPSA) is 67.9 Å². The van der Waals surface area contributed by atoms with Crippen LogP contribution in [0.25, 0.3) is 0 Å². The predicted molar refractivity (Wildman–Crippen MR) is 117 cm³/mol. The van der Waals surface area contributed by atoms with Crippen LogP contribution in [0.3, 0.4) is 0 Å². The SMILES string of the molecule is CC(=O)N(C)[C@@]1(C(=O)NC(C)(C)C)CCC[C@@H]1CCCB1OC(C)(C)C(C)(C)O1. The molecule has 6 nitrogen and oxygen atoms in total. The fourth-order valence-electron chi connectivity index (χ4n) is 4.68. The van der Waals surface area contributed by atoms with Crippen LogP contribution in [-0.4, -0.2) is 53.2 Å². The smallest absolute Gasteiger partial charge is 0.403 e. The maximum absolute atomic E-state index is 13.4. The van der Waals surface area contributed by atoms with Crippen LogP contribution in [0.4, 0.5) is 0 Å². The molecule has 29 heavy (non-hydrogen) atoms. The van der Waals surface area contributed by atoms with E-state index in [-0.39, 0.29) is 41.6 Å². The van der Waals surface area contributed by atoms with Gasteiger partial charge in [0.1, 0.15) is 5.54 Å². The van der Waals surface area contributed by atoms with Crippen molar-refractivity contribution in [2.24, 2.45) is 5.92 Å². The Morgan fingerprint density at radius 2 is 1.69 bits per heavy atom. The van der Waals surface area contributed by atoms with Gasteiger partial charge in [-0.05, 0) is 80.0 Å². The van der Waals surface area contributed by atoms with Crippen molar-refractivity contribution in [2.45, 2.75) is 116 Å². The van der Waals surface area contributed by atoms with Gasteiger partial charge in [0, 0.05) is 19.5 Å². The van der Waals surface area contributed by atoms with E-state index in [9.17, 15) is 9.59 Å². The van der Waals surface area contributed by atoms with E-state index in [0.29, 0.717) is 6.42 Å². The highest BCUT2D eigenvalue weighted by atomic mass is 16.7. The van der Waals surface area contributed by atoms with Crippen LogP contribution < -0.4 is 5.32 Å². The van der Waals surface area contributed by atoms with Crippen LogP contribution in [0.5, 0.6) is 0 Å². The van der Waals surface area contributed by atoms with Crippen LogP contribution in [0.2, 0.25) is 6.32 Å². The molecule has 7 heteroatoms. The van der Waals surface area contributed by atoms with Crippen molar-refractivity contribution in [3.05, 3.63) is 0 Å². The van der Waals surface area contributed by atoms with Gasteiger partial charge < -0.3 is 19.5 Å². The molecule has 166 valence electrons. The minimum Gasteiger partial charge on any atom is -0.403 e. The number of nitrogens with zero attached hydrogens (tertiary/aromatic N) is 1. The number of hydrogen-bond donors (Lipinski definition) is 1. The Kier molecular flexibility index (Phi) is 6.86. The summed E-state index contributed by atoms with van der Waals surface area (Å²) in [5, 5.41) is 3.14. The molecule has 2 amide bonds. The Hall–Kier alpha value is -1.08. The molecular weight excluding hydrogens is 367 g/mol. The standard InChI is InChI=1S/C22H41BN2O4/c1-16(26)25(9)22(18(27)24-19(2,3)4)14-10-12-17(22)13-11-15-23-28-20(5,6)21(7,8)29-23/h17H,10-15H2,1-9H3,(H,24,27)/t17-,22+/m1/s1. The molecule has 1 aliphatic carbocycles. The number of rotatable bonds is 6. The molecular formula is C22H41BN2O4. The van der Waals surface area contributed by atoms with E-state index in [2.05, 4.69) is 33.0 Å². The first-order valence-electron chi connectivity index (χ1n) is 11.0. The molecule has 2 atom stereocenters. The molecule has 1 saturated heterocycles. The zero-order valence-electron chi connectivity index (χ0n) is 20.0. The summed E-state index contributed by atoms with van der Waals surface area (Å²) in [5.74, 6) is 0.0499. The second-order valence-corrected chi connectivity index (χ2v) is 10.9. The quantitative estimate of drug-likeness (QED) is 0.679. The van der Waals surface area contributed by atoms with Crippen LogP contribution in [0.15, 0.2) is 0 Å². The third-order valence-electron chi connectivity index (χ3n) is 7.03. The van der Waals surface area contributed by atoms with Crippen LogP contribution >= 0.6 is 0 Å². The normalized spacial score (nSPS) is 28.4. The fourth-order valence-corrected chi connectivity index (χ4v) is 4.68. The van der Waals surface area contributed by atoms with Crippen molar-refractivity contribution >= 4 is 18.9 Å². The molecule has 0 aromatic heterocycles. The van der Waals surface area contributed by atoms with Crippen molar-refractivity contribution < 1.29 is 18.9 Å². The lowest BCUT2D eigenvalue weighted by atomic mass is 9.76. The second kappa shape index (κ2) is 8.22. The van der Waals surface area contributed by atoms with Crippen molar-refractivity contribution in [3.8, 4) is 0 Å². The summed E-state index contributed by atoms with van der Waals surface area (Å²) < 4.78 is 12.2. The van der Waals surface area contributed by atoms with E-state index in [4.69, 9.17) is 9.31 Å². The summed E-state index contributed by atoms with van der Waals surface area (Å²) in [7, 11) is 1.56. The number of hydrogen-bond acceptors (Lipinski definition) is 4. The van der Waals surface area contributed by atoms with Crippen molar-refractivity contribution in [1.82, 2.24) is 10.2 Å². The molecule has 0 aromatic carbocycles. The third kappa shape index (κ3) is 4.99. The van der Waals surface area contributed by atoms with Crippen LogP contribution in [0, 0.1) is 5.92 Å². The van der Waals surface area contributed by atoms with Crippen molar-refractivity contribution in [3.63, 3.8) is 0 Å². The lowest BCUT2D eigenvalue weighted by molar-refractivity contribution is -0.148. The molecule has 0 bridgehead atoms. The molecule has 0 spiro atoms. The Labute approximate surface area is 177 Å². The summed E-state index contributed by atoms with van der Waals surface area (Å²) in [4.78, 5) is 27.3. The molecule has 1 saturated carbocycles. The van der Waals surface area contributed by atoms with E-state index in [1.54, 1.807) is 18.9 Å². The Morgan fingerprint density at radius 1 is 1.14 bits per heavy atom. The molecule has 0 radical (unpaired) electrons. The van der Waals surface area contributed by atoms with Gasteiger partial charge in [-0.25, -0.2) is 0 Å². The first kappa shape index (κ1) is 24.2. The summed E-state index contributed by atoms with van der Waals surface area (Å²) in [6.45, 7) is 15.7. The summed E-state index contributed by atoms with van der Waals surface area (Å²) in [5.41, 5.74) is -1.75. The van der Waals surface area contributed by atoms with Gasteiger partial charge >= 0.3 is 7.12 Å². The molecule has 2 aliphatic rings. The monoisotopic (exact) mass is 408 g/mol. The number of likely N-dealkylation sites (N-methyl/N-ethyl adjacent to an activating group) is 1. The van der Waals surface area contributed by atoms with E-state index in [1.807, 2.05) is 20.8 Å². The van der Waals surface area contributed by atoms with Gasteiger partial charge in [0.15, 0.2) is 0 Å². The van der Waals surface area contributed by atoms with E-state index in [1.165, 1.54) is 0 Å². The zero-order chi connectivity index (χ0) is 22.3. The van der Waals surface area contributed by atoms with Crippen molar-refractivity contribution in [2.75, 3.05) is 7.05 Å². The van der Waals surface area contributed by atoms with Crippen molar-refractivity contribution in [1.29, 1.82) is 0 Å². The summed E-state index contributed by atoms with van der Waals surface area (Å²) >= 11 is 0. The van der Waals surface area contributed by atoms with Gasteiger partial charge in [-0.1, -0.05) is 12.8 Å². The zero-order valence-corrected chi connectivity index (χ0v) is 20.0. The molecule has 2 fully saturated rings. The average Bonchev–Trinajstić information content (AvgIpc) is 3.04. The lowest BCUT2D eigenvalue weighted by Crippen LogP contribution is -2.63. The van der Waals surface area contributed by atoms with Crippen LogP contribution in [-0.2, 0) is 18.9 Å². The first-order chi connectivity index (χ1) is 13.1. The molecule has 1 N–H and O–H groups in total. The maximum atomic E-state index is 13.4. The number of carbonyl (C=O) groups excluding carboxylic acids is 2. The van der Waals surface area contributed by atoms with E-state index in [0.717, 1.165) is 32.0 Å². The minimum atomic E-state index is -0.769. The third-order valence-corrected chi connectivity index (χ3v) is 7.03. The maximum Gasteiger partial charge on any atom is 0.457 e. The summed E-state index contributed by atoms with van der Waals surface area (Å²) in [6, 6.07) is 0. The lowest BCUT2D eigenvalue weighted by Gasteiger charge is -2.43.